The standard InChI is InChI=1S/C31H20N3O.C11H8N.Ir/c1-20-15-18-27-31(32-20)34(23-11-6-3-7-12-23)30(33-27)26-14-8-13-25-24-17-16-22(19-28(24)35-29(25)26)21-9-4-2-5-10-21;1-2-6-10(7-3-1)11-8-4-5-9-12-11;/h2-13,15-19H,1H3;1-6,8-9H;/q2*-1;. The van der Waals surface area contributed by atoms with Crippen LogP contribution in [0.25, 0.3) is 72.6 Å². The molecule has 0 atom stereocenters. The Bertz CT molecular complexity index is 2420. The van der Waals surface area contributed by atoms with Crippen LogP contribution in [-0.2, 0) is 20.1 Å². The molecule has 0 bridgehead atoms. The van der Waals surface area contributed by atoms with Gasteiger partial charge in [-0.2, -0.15) is 0 Å². The number of para-hydroxylation sites is 1. The third-order valence-electron chi connectivity index (χ3n) is 8.07. The van der Waals surface area contributed by atoms with Crippen LogP contribution in [0.5, 0.6) is 0 Å². The Morgan fingerprint density at radius 1 is 0.646 bits per heavy atom. The van der Waals surface area contributed by atoms with Gasteiger partial charge in [-0.15, -0.1) is 54.1 Å². The van der Waals surface area contributed by atoms with Crippen molar-refractivity contribution in [2.24, 2.45) is 0 Å². The zero-order valence-corrected chi connectivity index (χ0v) is 28.4. The maximum atomic E-state index is 6.51. The predicted molar refractivity (Wildman–Crippen MR) is 189 cm³/mol. The van der Waals surface area contributed by atoms with Crippen molar-refractivity contribution < 1.29 is 24.5 Å². The maximum Gasteiger partial charge on any atom is 0.155 e. The molecule has 0 saturated carbocycles. The molecule has 0 aliphatic carbocycles. The van der Waals surface area contributed by atoms with Crippen molar-refractivity contribution >= 4 is 33.1 Å². The molecule has 48 heavy (non-hydrogen) atoms. The third kappa shape index (κ3) is 5.95. The zero-order valence-electron chi connectivity index (χ0n) is 26.0. The van der Waals surface area contributed by atoms with E-state index in [2.05, 4.69) is 82.3 Å². The van der Waals surface area contributed by atoms with Crippen molar-refractivity contribution in [1.82, 2.24) is 19.5 Å². The van der Waals surface area contributed by atoms with E-state index in [1.165, 1.54) is 0 Å². The summed E-state index contributed by atoms with van der Waals surface area (Å²) < 4.78 is 8.60. The predicted octanol–water partition coefficient (Wildman–Crippen LogP) is 10.3. The van der Waals surface area contributed by atoms with Crippen LogP contribution in [0.1, 0.15) is 5.69 Å². The van der Waals surface area contributed by atoms with E-state index >= 15 is 0 Å². The summed E-state index contributed by atoms with van der Waals surface area (Å²) in [5.41, 5.74) is 10.3. The molecule has 0 aliphatic rings. The molecule has 0 unspecified atom stereocenters. The molecule has 0 fully saturated rings. The van der Waals surface area contributed by atoms with Gasteiger partial charge < -0.3 is 14.0 Å². The number of fused-ring (bicyclic) bond motifs is 4. The van der Waals surface area contributed by atoms with Gasteiger partial charge in [-0.1, -0.05) is 83.7 Å². The van der Waals surface area contributed by atoms with Crippen LogP contribution in [0.15, 0.2) is 156 Å². The van der Waals surface area contributed by atoms with Gasteiger partial charge >= 0.3 is 0 Å². The summed E-state index contributed by atoms with van der Waals surface area (Å²) in [4.78, 5) is 14.0. The molecule has 0 amide bonds. The average molecular weight is 797 g/mol. The molecule has 1 radical (unpaired) electrons. The summed E-state index contributed by atoms with van der Waals surface area (Å²) in [6.07, 6.45) is 1.79. The summed E-state index contributed by atoms with van der Waals surface area (Å²) >= 11 is 0. The molecule has 233 valence electrons. The minimum atomic E-state index is 0. The van der Waals surface area contributed by atoms with E-state index in [4.69, 9.17) is 14.4 Å². The Balaban J connectivity index is 0.000000237. The van der Waals surface area contributed by atoms with Gasteiger partial charge in [0.25, 0.3) is 0 Å². The molecule has 0 N–H and O–H groups in total. The van der Waals surface area contributed by atoms with Gasteiger partial charge in [0.15, 0.2) is 5.65 Å². The summed E-state index contributed by atoms with van der Waals surface area (Å²) in [5.74, 6) is 0.761. The molecule has 5 nitrogen and oxygen atoms in total. The molecule has 4 heterocycles. The fraction of sp³-hybridized carbons (Fsp3) is 0.0238. The van der Waals surface area contributed by atoms with Gasteiger partial charge in [0.2, 0.25) is 0 Å². The average Bonchev–Trinajstić information content (AvgIpc) is 3.71. The van der Waals surface area contributed by atoms with Crippen molar-refractivity contribution in [2.45, 2.75) is 6.92 Å². The Morgan fingerprint density at radius 2 is 1.44 bits per heavy atom. The Morgan fingerprint density at radius 3 is 2.21 bits per heavy atom. The number of nitrogens with zero attached hydrogens (tertiary/aromatic N) is 4. The van der Waals surface area contributed by atoms with Crippen LogP contribution in [0.4, 0.5) is 0 Å². The number of hydrogen-bond acceptors (Lipinski definition) is 4. The Hall–Kier alpha value is -5.68. The van der Waals surface area contributed by atoms with Crippen LogP contribution in [-0.4, -0.2) is 19.5 Å². The van der Waals surface area contributed by atoms with Crippen LogP contribution in [0.2, 0.25) is 0 Å². The first-order valence-corrected chi connectivity index (χ1v) is 15.5. The van der Waals surface area contributed by atoms with Crippen molar-refractivity contribution in [2.75, 3.05) is 0 Å². The monoisotopic (exact) mass is 797 g/mol. The smallest absolute Gasteiger partial charge is 0.155 e. The quantitative estimate of drug-likeness (QED) is 0.167. The fourth-order valence-corrected chi connectivity index (χ4v) is 5.83. The van der Waals surface area contributed by atoms with Crippen molar-refractivity contribution in [1.29, 1.82) is 0 Å². The number of benzene rings is 5. The van der Waals surface area contributed by atoms with Crippen LogP contribution >= 0.6 is 0 Å². The zero-order chi connectivity index (χ0) is 31.6. The van der Waals surface area contributed by atoms with Crippen molar-refractivity contribution in [3.63, 3.8) is 0 Å². The maximum absolute atomic E-state index is 6.51. The molecule has 5 aromatic carbocycles. The Labute approximate surface area is 291 Å². The molecule has 9 rings (SSSR count). The fourth-order valence-electron chi connectivity index (χ4n) is 5.83. The van der Waals surface area contributed by atoms with Crippen LogP contribution in [0.3, 0.4) is 0 Å². The topological polar surface area (TPSA) is 56.7 Å². The number of rotatable bonds is 4. The van der Waals surface area contributed by atoms with Crippen LogP contribution < -0.4 is 0 Å². The SMILES string of the molecule is Cc1ccc2nc(-c3[c-]ccc4c3oc3cc(-c5ccccc5)ccc34)n(-c3ccccc3)c2n1.[Ir].[c-]1ccccc1-c1ccccn1. The molecule has 0 spiro atoms. The van der Waals surface area contributed by atoms with E-state index in [0.29, 0.717) is 0 Å². The van der Waals surface area contributed by atoms with Crippen molar-refractivity contribution in [3.8, 4) is 39.5 Å². The summed E-state index contributed by atoms with van der Waals surface area (Å²) in [6.45, 7) is 2.00. The van der Waals surface area contributed by atoms with E-state index in [-0.39, 0.29) is 20.1 Å². The first-order chi connectivity index (χ1) is 23.2. The molecule has 0 saturated heterocycles. The normalized spacial score (nSPS) is 10.9. The van der Waals surface area contributed by atoms with E-state index in [1.54, 1.807) is 6.20 Å². The first kappa shape index (κ1) is 30.9. The number of furan rings is 1. The number of aryl methyl sites for hydroxylation is 1. The molecule has 4 aromatic heterocycles. The van der Waals surface area contributed by atoms with Gasteiger partial charge in [-0.25, -0.2) is 4.98 Å². The summed E-state index contributed by atoms with van der Waals surface area (Å²) in [6, 6.07) is 55.2. The van der Waals surface area contributed by atoms with E-state index in [9.17, 15) is 0 Å². The number of imidazole rings is 1. The summed E-state index contributed by atoms with van der Waals surface area (Å²) in [5, 5.41) is 2.12. The second-order valence-electron chi connectivity index (χ2n) is 11.2. The molecule has 9 aromatic rings. The molecular formula is C42H28IrN4O-2. The molecular weight excluding hydrogens is 769 g/mol. The van der Waals surface area contributed by atoms with Crippen molar-refractivity contribution in [3.05, 3.63) is 170 Å². The Kier molecular flexibility index (Phi) is 8.76. The number of pyridine rings is 2. The largest absolute Gasteiger partial charge is 0.501 e. The van der Waals surface area contributed by atoms with Gasteiger partial charge in [-0.3, -0.25) is 4.98 Å². The van der Waals surface area contributed by atoms with Gasteiger partial charge in [-0.05, 0) is 60.1 Å². The van der Waals surface area contributed by atoms with E-state index in [0.717, 1.165) is 78.3 Å². The van der Waals surface area contributed by atoms with E-state index < -0.39 is 0 Å². The second kappa shape index (κ2) is 13.6. The van der Waals surface area contributed by atoms with Gasteiger partial charge in [0.05, 0.1) is 16.9 Å². The first-order valence-electron chi connectivity index (χ1n) is 15.5. The molecule has 6 heteroatoms. The summed E-state index contributed by atoms with van der Waals surface area (Å²) in [7, 11) is 0. The van der Waals surface area contributed by atoms with Crippen LogP contribution in [0, 0.1) is 19.1 Å². The minimum Gasteiger partial charge on any atom is -0.501 e. The second-order valence-corrected chi connectivity index (χ2v) is 11.2. The third-order valence-corrected chi connectivity index (χ3v) is 8.07. The van der Waals surface area contributed by atoms with Gasteiger partial charge in [0, 0.05) is 43.1 Å². The van der Waals surface area contributed by atoms with Gasteiger partial charge in [0.1, 0.15) is 5.58 Å². The number of aromatic nitrogens is 4. The minimum absolute atomic E-state index is 0. The van der Waals surface area contributed by atoms with E-state index in [1.807, 2.05) is 91.9 Å². The number of hydrogen-bond donors (Lipinski definition) is 0. The molecule has 0 aliphatic heterocycles.